The summed E-state index contributed by atoms with van der Waals surface area (Å²) < 4.78 is 73.1. The average molecular weight is 647 g/mol. The molecule has 3 aromatic rings. The molecule has 6 rings (SSSR count). The molecule has 1 spiro atoms. The van der Waals surface area contributed by atoms with Gasteiger partial charge in [0.25, 0.3) is 10.1 Å². The van der Waals surface area contributed by atoms with Gasteiger partial charge < -0.3 is 15.0 Å². The number of nitrogens with zero attached hydrogens (tertiary/aromatic N) is 3. The average Bonchev–Trinajstić information content (AvgIpc) is 3.50. The largest absolute Gasteiger partial charge is 0.493 e. The highest BCUT2D eigenvalue weighted by molar-refractivity contribution is 7.85. The predicted octanol–water partition coefficient (Wildman–Crippen LogP) is 5.78. The Morgan fingerprint density at radius 3 is 2.42 bits per heavy atom. The van der Waals surface area contributed by atoms with E-state index >= 15 is 0 Å². The highest BCUT2D eigenvalue weighted by Crippen LogP contribution is 2.45. The van der Waals surface area contributed by atoms with Crippen LogP contribution in [0.4, 0.5) is 18.9 Å². The third kappa shape index (κ3) is 8.16. The molecule has 2 saturated heterocycles. The highest BCUT2D eigenvalue weighted by Gasteiger charge is 2.44. The summed E-state index contributed by atoms with van der Waals surface area (Å²) in [5, 5.41) is 3.63. The molecule has 4 heterocycles. The second-order valence-electron chi connectivity index (χ2n) is 12.1. The number of pyridine rings is 1. The van der Waals surface area contributed by atoms with Gasteiger partial charge >= 0.3 is 6.18 Å². The first-order valence-electron chi connectivity index (χ1n) is 15.4. The van der Waals surface area contributed by atoms with Gasteiger partial charge in [-0.1, -0.05) is 30.3 Å². The summed E-state index contributed by atoms with van der Waals surface area (Å²) >= 11 is 0. The van der Waals surface area contributed by atoms with Crippen molar-refractivity contribution in [1.82, 2.24) is 15.2 Å². The number of hydrogen-bond acceptors (Lipinski definition) is 7. The summed E-state index contributed by atoms with van der Waals surface area (Å²) in [6.45, 7) is 7.43. The molecule has 1 atom stereocenters. The molecule has 3 aliphatic rings. The summed E-state index contributed by atoms with van der Waals surface area (Å²) in [6, 6.07) is 18.8. The van der Waals surface area contributed by atoms with E-state index < -0.39 is 21.9 Å². The summed E-state index contributed by atoms with van der Waals surface area (Å²) in [7, 11) is -3.67. The van der Waals surface area contributed by atoms with Gasteiger partial charge in [-0.25, -0.2) is 0 Å². The van der Waals surface area contributed by atoms with Crippen molar-refractivity contribution in [3.05, 3.63) is 77.5 Å². The number of hydrogen-bond donors (Lipinski definition) is 2. The molecule has 0 saturated carbocycles. The van der Waals surface area contributed by atoms with Crippen molar-refractivity contribution >= 4 is 15.8 Å². The SMILES string of the molecule is CCOc1ccccc1-c1ccc2c(n1)CN(C[C@H]1CCCN1)CC21CCN(c2ccccc2C(F)(F)F)CC1.CS(=O)(=O)O. The van der Waals surface area contributed by atoms with E-state index in [1.165, 1.54) is 30.5 Å². The molecule has 2 N–H and O–H groups in total. The predicted molar refractivity (Wildman–Crippen MR) is 169 cm³/mol. The van der Waals surface area contributed by atoms with Crippen molar-refractivity contribution in [3.8, 4) is 17.0 Å². The lowest BCUT2D eigenvalue weighted by Gasteiger charge is -2.49. The molecule has 0 unspecified atom stereocenters. The number of benzene rings is 2. The zero-order valence-electron chi connectivity index (χ0n) is 25.7. The number of para-hydroxylation sites is 2. The van der Waals surface area contributed by atoms with E-state index in [0.29, 0.717) is 32.0 Å². The Balaban J connectivity index is 0.000000743. The first-order chi connectivity index (χ1) is 21.4. The number of rotatable bonds is 6. The zero-order valence-corrected chi connectivity index (χ0v) is 26.5. The van der Waals surface area contributed by atoms with Crippen LogP contribution in [0.1, 0.15) is 49.4 Å². The molecule has 0 radical (unpaired) electrons. The van der Waals surface area contributed by atoms with Gasteiger partial charge in [-0.05, 0) is 75.0 Å². The molecule has 8 nitrogen and oxygen atoms in total. The van der Waals surface area contributed by atoms with E-state index in [4.69, 9.17) is 14.3 Å². The van der Waals surface area contributed by atoms with Gasteiger partial charge in [-0.3, -0.25) is 14.4 Å². The Morgan fingerprint density at radius 1 is 1.07 bits per heavy atom. The molecule has 2 fully saturated rings. The van der Waals surface area contributed by atoms with Gasteiger partial charge in [0, 0.05) is 55.4 Å². The van der Waals surface area contributed by atoms with Crippen LogP contribution in [0, 0.1) is 0 Å². The van der Waals surface area contributed by atoms with Crippen LogP contribution in [0.5, 0.6) is 5.75 Å². The maximum atomic E-state index is 13.8. The highest BCUT2D eigenvalue weighted by atomic mass is 32.2. The lowest BCUT2D eigenvalue weighted by atomic mass is 9.69. The van der Waals surface area contributed by atoms with E-state index in [1.807, 2.05) is 30.0 Å². The van der Waals surface area contributed by atoms with E-state index in [0.717, 1.165) is 61.7 Å². The van der Waals surface area contributed by atoms with Gasteiger partial charge in [-0.2, -0.15) is 21.6 Å². The minimum atomic E-state index is -4.37. The maximum absolute atomic E-state index is 13.8. The van der Waals surface area contributed by atoms with Crippen LogP contribution in [0.3, 0.4) is 0 Å². The van der Waals surface area contributed by atoms with Gasteiger partial charge in [-0.15, -0.1) is 0 Å². The first kappa shape index (κ1) is 33.2. The second-order valence-corrected chi connectivity index (χ2v) is 13.6. The van der Waals surface area contributed by atoms with Crippen molar-refractivity contribution in [2.24, 2.45) is 0 Å². The zero-order chi connectivity index (χ0) is 32.2. The number of halogens is 3. The normalized spacial score (nSPS) is 20.0. The standard InChI is InChI=1S/C32H37F3N4O.CH4O3S/c1-2-40-30-12-6-3-9-24(30)27-14-13-25-28(37-27)21-38(20-23-8-7-17-36-23)22-31(25)15-18-39(19-16-31)29-11-5-4-10-26(29)32(33,34)35;1-5(2,3)4/h3-6,9-14,23,36H,2,7-8,15-22H2,1H3;1H3,(H,2,3,4)/t23-;/m1./s1. The Hall–Kier alpha value is -3.19. The van der Waals surface area contributed by atoms with Crippen LogP contribution in [0.15, 0.2) is 60.7 Å². The van der Waals surface area contributed by atoms with Crippen molar-refractivity contribution in [3.63, 3.8) is 0 Å². The molecule has 0 aliphatic carbocycles. The molecule has 0 amide bonds. The topological polar surface area (TPSA) is 95.0 Å². The van der Waals surface area contributed by atoms with E-state index in [9.17, 15) is 21.6 Å². The molecule has 45 heavy (non-hydrogen) atoms. The fourth-order valence-electron chi connectivity index (χ4n) is 6.94. The van der Waals surface area contributed by atoms with Crippen LogP contribution in [0.25, 0.3) is 11.3 Å². The Kier molecular flexibility index (Phi) is 10.1. The number of ether oxygens (including phenoxy) is 1. The lowest BCUT2D eigenvalue weighted by molar-refractivity contribution is -0.137. The third-order valence-corrected chi connectivity index (χ3v) is 8.82. The molecule has 1 aromatic heterocycles. The van der Waals surface area contributed by atoms with E-state index in [2.05, 4.69) is 28.4 Å². The van der Waals surface area contributed by atoms with E-state index in [1.54, 1.807) is 12.1 Å². The van der Waals surface area contributed by atoms with Crippen LogP contribution >= 0.6 is 0 Å². The molecular weight excluding hydrogens is 605 g/mol. The first-order valence-corrected chi connectivity index (χ1v) is 17.2. The Bertz CT molecular complexity index is 1560. The van der Waals surface area contributed by atoms with Crippen LogP contribution in [0.2, 0.25) is 0 Å². The number of anilines is 1. The number of piperidine rings is 1. The summed E-state index contributed by atoms with van der Waals surface area (Å²) in [5.74, 6) is 0.826. The van der Waals surface area contributed by atoms with Crippen molar-refractivity contribution in [2.75, 3.05) is 50.5 Å². The van der Waals surface area contributed by atoms with E-state index in [-0.39, 0.29) is 11.1 Å². The third-order valence-electron chi connectivity index (χ3n) is 8.82. The van der Waals surface area contributed by atoms with Crippen LogP contribution in [-0.4, -0.2) is 74.5 Å². The van der Waals surface area contributed by atoms with Gasteiger partial charge in [0.2, 0.25) is 0 Å². The minimum absolute atomic E-state index is 0.138. The monoisotopic (exact) mass is 646 g/mol. The number of alkyl halides is 3. The molecule has 0 bridgehead atoms. The summed E-state index contributed by atoms with van der Waals surface area (Å²) in [6.07, 6.45) is 0.298. The maximum Gasteiger partial charge on any atom is 0.418 e. The molecule has 2 aromatic carbocycles. The molecule has 12 heteroatoms. The fraction of sp³-hybridized carbons (Fsp3) is 0.485. The smallest absolute Gasteiger partial charge is 0.418 e. The van der Waals surface area contributed by atoms with Crippen molar-refractivity contribution in [2.45, 2.75) is 56.8 Å². The second kappa shape index (κ2) is 13.7. The number of aromatic nitrogens is 1. The lowest BCUT2D eigenvalue weighted by Crippen LogP contribution is -2.54. The van der Waals surface area contributed by atoms with Crippen molar-refractivity contribution in [1.29, 1.82) is 0 Å². The fourth-order valence-corrected chi connectivity index (χ4v) is 6.94. The number of nitrogens with one attached hydrogen (secondary N) is 1. The Morgan fingerprint density at radius 2 is 1.76 bits per heavy atom. The van der Waals surface area contributed by atoms with Gasteiger partial charge in [0.15, 0.2) is 0 Å². The molecule has 244 valence electrons. The Labute approximate surface area is 263 Å². The van der Waals surface area contributed by atoms with Gasteiger partial charge in [0.1, 0.15) is 5.75 Å². The van der Waals surface area contributed by atoms with Crippen molar-refractivity contribution < 1.29 is 30.9 Å². The molecular formula is C33H41F3N4O4S. The van der Waals surface area contributed by atoms with Gasteiger partial charge in [0.05, 0.1) is 29.8 Å². The minimum Gasteiger partial charge on any atom is -0.493 e. The van der Waals surface area contributed by atoms with Crippen LogP contribution < -0.4 is 15.0 Å². The summed E-state index contributed by atoms with van der Waals surface area (Å²) in [4.78, 5) is 9.67. The quantitative estimate of drug-likeness (QED) is 0.326. The summed E-state index contributed by atoms with van der Waals surface area (Å²) in [5.41, 5.74) is 3.81. The molecule has 3 aliphatic heterocycles. The van der Waals surface area contributed by atoms with Crippen LogP contribution in [-0.2, 0) is 28.3 Å². The number of fused-ring (bicyclic) bond motifs is 2.